The second-order valence-corrected chi connectivity index (χ2v) is 3.57. The van der Waals surface area contributed by atoms with Gasteiger partial charge in [-0.2, -0.15) is 0 Å². The van der Waals surface area contributed by atoms with Gasteiger partial charge in [-0.15, -0.1) is 0 Å². The lowest BCUT2D eigenvalue weighted by Crippen LogP contribution is -2.24. The molecule has 1 rings (SSSR count). The molecule has 0 radical (unpaired) electrons. The van der Waals surface area contributed by atoms with Crippen molar-refractivity contribution in [2.24, 2.45) is 0 Å². The predicted octanol–water partition coefficient (Wildman–Crippen LogP) is 0.765. The number of nitrogens with zero attached hydrogens (tertiary/aromatic N) is 2. The molecule has 17 heavy (non-hydrogen) atoms. The first-order chi connectivity index (χ1) is 8.15. The smallest absolute Gasteiger partial charge is 0.221 e. The van der Waals surface area contributed by atoms with Crippen LogP contribution in [0.15, 0.2) is 6.07 Å². The van der Waals surface area contributed by atoms with Crippen LogP contribution in [0.3, 0.4) is 0 Å². The zero-order valence-electron chi connectivity index (χ0n) is 10.5. The Bertz CT molecular complexity index is 380. The van der Waals surface area contributed by atoms with Crippen molar-refractivity contribution in [3.05, 3.63) is 11.9 Å². The van der Waals surface area contributed by atoms with Gasteiger partial charge in [0.05, 0.1) is 0 Å². The largest absolute Gasteiger partial charge is 0.373 e. The summed E-state index contributed by atoms with van der Waals surface area (Å²) in [7, 11) is 1.81. The summed E-state index contributed by atoms with van der Waals surface area (Å²) in [6, 6.07) is 1.81. The number of aromatic nitrogens is 2. The van der Waals surface area contributed by atoms with Gasteiger partial charge in [0.2, 0.25) is 5.91 Å². The van der Waals surface area contributed by atoms with E-state index in [4.69, 9.17) is 0 Å². The van der Waals surface area contributed by atoms with E-state index >= 15 is 0 Å². The topological polar surface area (TPSA) is 78.9 Å². The van der Waals surface area contributed by atoms with Crippen LogP contribution in [0.5, 0.6) is 0 Å². The lowest BCUT2D eigenvalue weighted by atomic mass is 10.4. The van der Waals surface area contributed by atoms with E-state index in [-0.39, 0.29) is 5.91 Å². The van der Waals surface area contributed by atoms with Crippen LogP contribution < -0.4 is 16.0 Å². The normalized spacial score (nSPS) is 9.82. The average molecular weight is 237 g/mol. The molecule has 0 aliphatic rings. The Labute approximate surface area is 101 Å². The highest BCUT2D eigenvalue weighted by Gasteiger charge is 2.02. The van der Waals surface area contributed by atoms with Gasteiger partial charge in [0, 0.05) is 32.6 Å². The fourth-order valence-corrected chi connectivity index (χ4v) is 1.38. The summed E-state index contributed by atoms with van der Waals surface area (Å²) >= 11 is 0. The van der Waals surface area contributed by atoms with Gasteiger partial charge in [0.1, 0.15) is 17.5 Å². The minimum Gasteiger partial charge on any atom is -0.373 e. The molecule has 1 aromatic heterocycles. The Balaban J connectivity index is 2.46. The monoisotopic (exact) mass is 237 g/mol. The van der Waals surface area contributed by atoms with Gasteiger partial charge in [-0.3, -0.25) is 4.79 Å². The highest BCUT2D eigenvalue weighted by atomic mass is 16.1. The maximum atomic E-state index is 11.2. The third kappa shape index (κ3) is 4.67. The van der Waals surface area contributed by atoms with Gasteiger partial charge in [-0.05, 0) is 13.8 Å². The molecule has 0 bridgehead atoms. The predicted molar refractivity (Wildman–Crippen MR) is 68.1 cm³/mol. The van der Waals surface area contributed by atoms with Gasteiger partial charge >= 0.3 is 0 Å². The molecule has 0 saturated heterocycles. The van der Waals surface area contributed by atoms with Crippen molar-refractivity contribution < 1.29 is 4.79 Å². The van der Waals surface area contributed by atoms with Gasteiger partial charge < -0.3 is 16.0 Å². The lowest BCUT2D eigenvalue weighted by molar-refractivity contribution is -0.120. The number of carbonyl (C=O) groups excluding carboxylic acids is 1. The Morgan fingerprint density at radius 2 is 2.06 bits per heavy atom. The van der Waals surface area contributed by atoms with Gasteiger partial charge in [-0.25, -0.2) is 9.97 Å². The first-order valence-electron chi connectivity index (χ1n) is 5.69. The van der Waals surface area contributed by atoms with Gasteiger partial charge in [0.15, 0.2) is 0 Å². The molecule has 0 atom stereocenters. The molecule has 0 aliphatic heterocycles. The number of hydrogen-bond acceptors (Lipinski definition) is 5. The number of hydrogen-bond donors (Lipinski definition) is 3. The zero-order chi connectivity index (χ0) is 12.7. The third-order valence-corrected chi connectivity index (χ3v) is 2.13. The van der Waals surface area contributed by atoms with Crippen LogP contribution in [-0.2, 0) is 4.79 Å². The lowest BCUT2D eigenvalue weighted by Gasteiger charge is -2.08. The SMILES string of the molecule is CCNC(=O)CCNc1cc(NC)nc(C)n1. The summed E-state index contributed by atoms with van der Waals surface area (Å²) in [5, 5.41) is 8.80. The van der Waals surface area contributed by atoms with E-state index in [2.05, 4.69) is 25.9 Å². The van der Waals surface area contributed by atoms with E-state index in [0.29, 0.717) is 25.3 Å². The average Bonchev–Trinajstić information content (AvgIpc) is 2.28. The van der Waals surface area contributed by atoms with Crippen molar-refractivity contribution in [1.29, 1.82) is 0 Å². The zero-order valence-corrected chi connectivity index (χ0v) is 10.5. The quantitative estimate of drug-likeness (QED) is 0.681. The van der Waals surface area contributed by atoms with Crippen molar-refractivity contribution >= 4 is 17.5 Å². The van der Waals surface area contributed by atoms with Crippen LogP contribution in [0.25, 0.3) is 0 Å². The summed E-state index contributed by atoms with van der Waals surface area (Å²) < 4.78 is 0. The van der Waals surface area contributed by atoms with Crippen LogP contribution >= 0.6 is 0 Å². The third-order valence-electron chi connectivity index (χ3n) is 2.13. The molecule has 0 spiro atoms. The number of amides is 1. The molecule has 6 heteroatoms. The highest BCUT2D eigenvalue weighted by molar-refractivity contribution is 5.76. The maximum absolute atomic E-state index is 11.2. The number of anilines is 2. The molecule has 0 aliphatic carbocycles. The minimum absolute atomic E-state index is 0.0413. The first-order valence-corrected chi connectivity index (χ1v) is 5.69. The summed E-state index contributed by atoms with van der Waals surface area (Å²) in [6.45, 7) is 4.95. The Kier molecular flexibility index (Phi) is 5.19. The molecular weight excluding hydrogens is 218 g/mol. The second kappa shape index (κ2) is 6.67. The fourth-order valence-electron chi connectivity index (χ4n) is 1.38. The molecule has 94 valence electrons. The Morgan fingerprint density at radius 3 is 2.71 bits per heavy atom. The number of aryl methyl sites for hydroxylation is 1. The van der Waals surface area contributed by atoms with E-state index in [1.807, 2.05) is 19.9 Å². The Morgan fingerprint density at radius 1 is 1.35 bits per heavy atom. The molecule has 1 aromatic rings. The van der Waals surface area contributed by atoms with E-state index in [0.717, 1.165) is 11.6 Å². The van der Waals surface area contributed by atoms with Gasteiger partial charge in [0.25, 0.3) is 0 Å². The molecule has 0 fully saturated rings. The van der Waals surface area contributed by atoms with E-state index < -0.39 is 0 Å². The molecule has 0 unspecified atom stereocenters. The van der Waals surface area contributed by atoms with E-state index in [1.165, 1.54) is 0 Å². The fraction of sp³-hybridized carbons (Fsp3) is 0.545. The minimum atomic E-state index is 0.0413. The second-order valence-electron chi connectivity index (χ2n) is 3.57. The highest BCUT2D eigenvalue weighted by Crippen LogP contribution is 2.09. The molecule has 0 aromatic carbocycles. The van der Waals surface area contributed by atoms with E-state index in [9.17, 15) is 4.79 Å². The van der Waals surface area contributed by atoms with E-state index in [1.54, 1.807) is 7.05 Å². The number of nitrogens with one attached hydrogen (secondary N) is 3. The molecule has 3 N–H and O–H groups in total. The van der Waals surface area contributed by atoms with Crippen molar-refractivity contribution in [2.75, 3.05) is 30.8 Å². The summed E-state index contributed by atoms with van der Waals surface area (Å²) in [6.07, 6.45) is 0.436. The first kappa shape index (κ1) is 13.2. The number of carbonyl (C=O) groups is 1. The summed E-state index contributed by atoms with van der Waals surface area (Å²) in [5.41, 5.74) is 0. The molecule has 1 heterocycles. The molecular formula is C11H19N5O. The van der Waals surface area contributed by atoms with Crippen LogP contribution in [0, 0.1) is 6.92 Å². The van der Waals surface area contributed by atoms with Crippen LogP contribution in [0.1, 0.15) is 19.2 Å². The van der Waals surface area contributed by atoms with Crippen molar-refractivity contribution in [1.82, 2.24) is 15.3 Å². The van der Waals surface area contributed by atoms with Crippen molar-refractivity contribution in [2.45, 2.75) is 20.3 Å². The van der Waals surface area contributed by atoms with Gasteiger partial charge in [-0.1, -0.05) is 0 Å². The number of rotatable bonds is 6. The molecule has 1 amide bonds. The standard InChI is InChI=1S/C11H19N5O/c1-4-13-11(17)5-6-14-10-7-9(12-3)15-8(2)16-10/h7H,4-6H2,1-3H3,(H,13,17)(H2,12,14,15,16). The molecule has 0 saturated carbocycles. The summed E-state index contributed by atoms with van der Waals surface area (Å²) in [5.74, 6) is 2.22. The van der Waals surface area contributed by atoms with Crippen molar-refractivity contribution in [3.8, 4) is 0 Å². The Hall–Kier alpha value is -1.85. The van der Waals surface area contributed by atoms with Crippen LogP contribution in [-0.4, -0.2) is 36.0 Å². The molecule has 6 nitrogen and oxygen atoms in total. The summed E-state index contributed by atoms with van der Waals surface area (Å²) in [4.78, 5) is 19.6. The van der Waals surface area contributed by atoms with Crippen LogP contribution in [0.2, 0.25) is 0 Å². The van der Waals surface area contributed by atoms with Crippen LogP contribution in [0.4, 0.5) is 11.6 Å². The maximum Gasteiger partial charge on any atom is 0.221 e. The van der Waals surface area contributed by atoms with Crippen molar-refractivity contribution in [3.63, 3.8) is 0 Å².